The molecule has 0 fully saturated rings. The number of rotatable bonds is 10. The molecule has 0 aromatic rings. The van der Waals surface area contributed by atoms with E-state index in [0.29, 0.717) is 6.61 Å². The predicted octanol–water partition coefficient (Wildman–Crippen LogP) is -1.77. The average molecular weight is 273 g/mol. The zero-order valence-corrected chi connectivity index (χ0v) is 11.5. The molecule has 0 atom stereocenters. The van der Waals surface area contributed by atoms with Crippen molar-refractivity contribution in [1.82, 2.24) is 0 Å². The Kier molecular flexibility index (Phi) is 7.62. The van der Waals surface area contributed by atoms with E-state index >= 15 is 0 Å². The van der Waals surface area contributed by atoms with E-state index in [1.54, 1.807) is 0 Å². The molecule has 7 nitrogen and oxygen atoms in total. The average Bonchev–Trinajstić information content (AvgIpc) is 2.40. The van der Waals surface area contributed by atoms with Crippen LogP contribution in [-0.2, 0) is 19.1 Å². The molecule has 0 rings (SSSR count). The lowest BCUT2D eigenvalue weighted by atomic mass is 9.75. The molecule has 7 heteroatoms. The van der Waals surface area contributed by atoms with Crippen molar-refractivity contribution in [3.05, 3.63) is 0 Å². The molecule has 6 N–H and O–H groups in total. The Hall–Kier alpha value is -1.15. The van der Waals surface area contributed by atoms with Gasteiger partial charge in [-0.05, 0) is 5.92 Å². The van der Waals surface area contributed by atoms with Crippen LogP contribution in [0.25, 0.3) is 0 Å². The van der Waals surface area contributed by atoms with Crippen LogP contribution in [0, 0.1) is 11.3 Å². The monoisotopic (exact) mass is 273 g/mol. The van der Waals surface area contributed by atoms with Crippen molar-refractivity contribution >= 4 is 17.3 Å². The van der Waals surface area contributed by atoms with Crippen LogP contribution in [0.4, 0.5) is 0 Å². The highest BCUT2D eigenvalue weighted by atomic mass is 16.5. The second-order valence-electron chi connectivity index (χ2n) is 4.70. The predicted molar refractivity (Wildman–Crippen MR) is 70.3 cm³/mol. The van der Waals surface area contributed by atoms with Gasteiger partial charge in [0.05, 0.1) is 26.2 Å². The maximum absolute atomic E-state index is 12.0. The summed E-state index contributed by atoms with van der Waals surface area (Å²) in [6.07, 6.45) is 0. The molecular formula is C12H23N3O4. The summed E-state index contributed by atoms with van der Waals surface area (Å²) < 4.78 is 5.30. The zero-order valence-electron chi connectivity index (χ0n) is 11.5. The fourth-order valence-corrected chi connectivity index (χ4v) is 1.68. The summed E-state index contributed by atoms with van der Waals surface area (Å²) in [6.45, 7) is 2.44. The number of ketones is 3. The van der Waals surface area contributed by atoms with Gasteiger partial charge in [-0.2, -0.15) is 0 Å². The van der Waals surface area contributed by atoms with Crippen LogP contribution >= 0.6 is 0 Å². The van der Waals surface area contributed by atoms with Gasteiger partial charge in [-0.25, -0.2) is 0 Å². The minimum Gasteiger partial charge on any atom is -0.379 e. The van der Waals surface area contributed by atoms with Crippen LogP contribution in [0.2, 0.25) is 0 Å². The van der Waals surface area contributed by atoms with Crippen molar-refractivity contribution in [2.75, 3.05) is 32.8 Å². The molecule has 0 heterocycles. The van der Waals surface area contributed by atoms with E-state index in [2.05, 4.69) is 0 Å². The molecule has 0 aromatic carbocycles. The first-order chi connectivity index (χ1) is 8.86. The Morgan fingerprint density at radius 1 is 0.947 bits per heavy atom. The molecule has 0 aliphatic heterocycles. The molecule has 0 unspecified atom stereocenters. The van der Waals surface area contributed by atoms with Crippen molar-refractivity contribution in [3.63, 3.8) is 0 Å². The molecule has 0 bridgehead atoms. The molecule has 0 aliphatic rings. The second kappa shape index (κ2) is 8.11. The van der Waals surface area contributed by atoms with E-state index in [1.165, 1.54) is 0 Å². The van der Waals surface area contributed by atoms with E-state index in [4.69, 9.17) is 21.9 Å². The van der Waals surface area contributed by atoms with Gasteiger partial charge in [0, 0.05) is 6.61 Å². The molecule has 110 valence electrons. The zero-order chi connectivity index (χ0) is 15.1. The molecular weight excluding hydrogens is 250 g/mol. The third-order valence-corrected chi connectivity index (χ3v) is 2.75. The lowest BCUT2D eigenvalue weighted by Crippen LogP contribution is -2.56. The topological polar surface area (TPSA) is 138 Å². The number of hydrogen-bond acceptors (Lipinski definition) is 7. The summed E-state index contributed by atoms with van der Waals surface area (Å²) in [5, 5.41) is 0. The maximum Gasteiger partial charge on any atom is 0.172 e. The van der Waals surface area contributed by atoms with Gasteiger partial charge in [0.15, 0.2) is 22.8 Å². The highest BCUT2D eigenvalue weighted by molar-refractivity contribution is 6.25. The van der Waals surface area contributed by atoms with Gasteiger partial charge in [-0.15, -0.1) is 0 Å². The van der Waals surface area contributed by atoms with E-state index in [0.717, 1.165) is 0 Å². The Morgan fingerprint density at radius 3 is 1.58 bits per heavy atom. The van der Waals surface area contributed by atoms with E-state index in [9.17, 15) is 14.4 Å². The molecule has 0 aromatic heterocycles. The van der Waals surface area contributed by atoms with Gasteiger partial charge in [-0.3, -0.25) is 14.4 Å². The van der Waals surface area contributed by atoms with Crippen LogP contribution in [0.1, 0.15) is 13.8 Å². The van der Waals surface area contributed by atoms with Gasteiger partial charge in [0.2, 0.25) is 0 Å². The molecule has 0 amide bonds. The van der Waals surface area contributed by atoms with Gasteiger partial charge < -0.3 is 21.9 Å². The Balaban J connectivity index is 5.31. The molecule has 0 saturated carbocycles. The summed E-state index contributed by atoms with van der Waals surface area (Å²) >= 11 is 0. The highest BCUT2D eigenvalue weighted by Crippen LogP contribution is 2.22. The summed E-state index contributed by atoms with van der Waals surface area (Å²) in [6, 6.07) is 0. The van der Waals surface area contributed by atoms with Crippen molar-refractivity contribution in [2.45, 2.75) is 13.8 Å². The standard InChI is InChI=1S/C12H23N3O4/c1-8(2)6-19-7-12(9(16)3-13,10(17)4-14)11(18)5-15/h8H,3-7,13-15H2,1-2H3. The summed E-state index contributed by atoms with van der Waals surface area (Å²) in [7, 11) is 0. The van der Waals surface area contributed by atoms with Crippen LogP contribution in [0.15, 0.2) is 0 Å². The van der Waals surface area contributed by atoms with Crippen LogP contribution in [0.5, 0.6) is 0 Å². The first-order valence-corrected chi connectivity index (χ1v) is 6.14. The van der Waals surface area contributed by atoms with E-state index in [-0.39, 0.29) is 12.5 Å². The smallest absolute Gasteiger partial charge is 0.172 e. The minimum atomic E-state index is -1.95. The van der Waals surface area contributed by atoms with Crippen molar-refractivity contribution in [3.8, 4) is 0 Å². The van der Waals surface area contributed by atoms with Gasteiger partial charge >= 0.3 is 0 Å². The molecule has 0 saturated heterocycles. The van der Waals surface area contributed by atoms with E-state index in [1.807, 2.05) is 13.8 Å². The number of ether oxygens (including phenoxy) is 1. The number of hydrogen-bond donors (Lipinski definition) is 3. The first-order valence-electron chi connectivity index (χ1n) is 6.14. The van der Waals surface area contributed by atoms with Crippen molar-refractivity contribution < 1.29 is 19.1 Å². The Bertz CT molecular complexity index is 301. The minimum absolute atomic E-state index is 0.201. The van der Waals surface area contributed by atoms with Gasteiger partial charge in [0.1, 0.15) is 0 Å². The fraction of sp³-hybridized carbons (Fsp3) is 0.750. The maximum atomic E-state index is 12.0. The van der Waals surface area contributed by atoms with Gasteiger partial charge in [0.25, 0.3) is 0 Å². The van der Waals surface area contributed by atoms with Crippen LogP contribution in [0.3, 0.4) is 0 Å². The number of carbonyl (C=O) groups is 3. The molecule has 19 heavy (non-hydrogen) atoms. The Labute approximate surface area is 112 Å². The SMILES string of the molecule is CC(C)COCC(C(=O)CN)(C(=O)CN)C(=O)CN. The van der Waals surface area contributed by atoms with Crippen LogP contribution in [-0.4, -0.2) is 50.2 Å². The highest BCUT2D eigenvalue weighted by Gasteiger charge is 2.49. The molecule has 0 spiro atoms. The second-order valence-corrected chi connectivity index (χ2v) is 4.70. The quantitative estimate of drug-likeness (QED) is 0.400. The number of Topliss-reactive ketones (excluding diaryl/α,β-unsaturated/α-hetero) is 3. The van der Waals surface area contributed by atoms with Crippen molar-refractivity contribution in [2.24, 2.45) is 28.5 Å². The first kappa shape index (κ1) is 17.8. The lowest BCUT2D eigenvalue weighted by Gasteiger charge is -2.28. The number of nitrogens with two attached hydrogens (primary N) is 3. The number of carbonyl (C=O) groups excluding carboxylic acids is 3. The third kappa shape index (κ3) is 4.17. The third-order valence-electron chi connectivity index (χ3n) is 2.75. The largest absolute Gasteiger partial charge is 0.379 e. The van der Waals surface area contributed by atoms with Gasteiger partial charge in [-0.1, -0.05) is 13.8 Å². The summed E-state index contributed by atoms with van der Waals surface area (Å²) in [4.78, 5) is 35.9. The molecule has 0 radical (unpaired) electrons. The van der Waals surface area contributed by atoms with E-state index < -0.39 is 42.4 Å². The fourth-order valence-electron chi connectivity index (χ4n) is 1.68. The lowest BCUT2D eigenvalue weighted by molar-refractivity contribution is -0.152. The summed E-state index contributed by atoms with van der Waals surface area (Å²) in [5.74, 6) is -1.92. The normalized spacial score (nSPS) is 11.7. The van der Waals surface area contributed by atoms with Crippen molar-refractivity contribution in [1.29, 1.82) is 0 Å². The molecule has 0 aliphatic carbocycles. The summed E-state index contributed by atoms with van der Waals surface area (Å²) in [5.41, 5.74) is 13.9. The Morgan fingerprint density at radius 2 is 1.32 bits per heavy atom. The van der Waals surface area contributed by atoms with Crippen LogP contribution < -0.4 is 17.2 Å².